The Hall–Kier alpha value is -3.06. The summed E-state index contributed by atoms with van der Waals surface area (Å²) in [4.78, 5) is 0. The van der Waals surface area contributed by atoms with Crippen molar-refractivity contribution in [3.05, 3.63) is 83.9 Å². The second kappa shape index (κ2) is 4.27. The third kappa shape index (κ3) is 1.40. The molecule has 1 heterocycles. The summed E-state index contributed by atoms with van der Waals surface area (Å²) >= 11 is 0. The van der Waals surface area contributed by atoms with Crippen LogP contribution in [0.2, 0.25) is 0 Å². The molecule has 5 aromatic rings. The summed E-state index contributed by atoms with van der Waals surface area (Å²) in [5.74, 6) is 0. The smallest absolute Gasteiger partial charge is 0.143 e. The predicted octanol–water partition coefficient (Wildman–Crippen LogP) is 6.31. The van der Waals surface area contributed by atoms with Gasteiger partial charge in [0.25, 0.3) is 0 Å². The van der Waals surface area contributed by atoms with Gasteiger partial charge < -0.3 is 4.42 Å². The zero-order valence-corrected chi connectivity index (χ0v) is 13.0. The topological polar surface area (TPSA) is 13.1 Å². The molecule has 4 aromatic carbocycles. The lowest BCUT2D eigenvalue weighted by Crippen LogP contribution is -1.86. The second-order valence-corrected chi connectivity index (χ2v) is 6.54. The van der Waals surface area contributed by atoms with Gasteiger partial charge >= 0.3 is 0 Å². The fourth-order valence-corrected chi connectivity index (χ4v) is 4.30. The molecular formula is C23H14O. The largest absolute Gasteiger partial charge is 0.455 e. The number of para-hydroxylation sites is 1. The maximum atomic E-state index is 6.31. The second-order valence-electron chi connectivity index (χ2n) is 6.54. The van der Waals surface area contributed by atoms with Crippen LogP contribution in [0.1, 0.15) is 11.1 Å². The maximum Gasteiger partial charge on any atom is 0.143 e. The Bertz CT molecular complexity index is 1270. The lowest BCUT2D eigenvalue weighted by molar-refractivity contribution is 0.672. The molecule has 112 valence electrons. The average molecular weight is 306 g/mol. The van der Waals surface area contributed by atoms with Gasteiger partial charge in [0.1, 0.15) is 11.2 Å². The van der Waals surface area contributed by atoms with Crippen LogP contribution >= 0.6 is 0 Å². The Morgan fingerprint density at radius 2 is 1.38 bits per heavy atom. The Morgan fingerprint density at radius 3 is 2.29 bits per heavy atom. The molecule has 0 spiro atoms. The molecule has 0 radical (unpaired) electrons. The van der Waals surface area contributed by atoms with Gasteiger partial charge in [-0.2, -0.15) is 0 Å². The lowest BCUT2D eigenvalue weighted by Gasteiger charge is -2.08. The SMILES string of the molecule is c1ccc2c(c1)Cc1c-2c2c3ccccc3oc2c2ccccc12. The molecule has 0 N–H and O–H groups in total. The third-order valence-electron chi connectivity index (χ3n) is 5.30. The van der Waals surface area contributed by atoms with Crippen molar-refractivity contribution in [3.8, 4) is 11.1 Å². The summed E-state index contributed by atoms with van der Waals surface area (Å²) in [6.07, 6.45) is 1.00. The highest BCUT2D eigenvalue weighted by Gasteiger charge is 2.26. The van der Waals surface area contributed by atoms with Gasteiger partial charge in [0.2, 0.25) is 0 Å². The lowest BCUT2D eigenvalue weighted by atomic mass is 9.94. The number of hydrogen-bond donors (Lipinski definition) is 0. The Balaban J connectivity index is 1.97. The first-order chi connectivity index (χ1) is 11.9. The Morgan fingerprint density at radius 1 is 0.667 bits per heavy atom. The van der Waals surface area contributed by atoms with E-state index >= 15 is 0 Å². The van der Waals surface area contributed by atoms with E-state index in [0.29, 0.717) is 0 Å². The predicted molar refractivity (Wildman–Crippen MR) is 99.5 cm³/mol. The first-order valence-corrected chi connectivity index (χ1v) is 8.35. The van der Waals surface area contributed by atoms with Gasteiger partial charge in [0, 0.05) is 16.2 Å². The molecule has 1 nitrogen and oxygen atoms in total. The van der Waals surface area contributed by atoms with Crippen molar-refractivity contribution in [3.63, 3.8) is 0 Å². The van der Waals surface area contributed by atoms with Crippen molar-refractivity contribution < 1.29 is 4.42 Å². The van der Waals surface area contributed by atoms with Crippen molar-refractivity contribution in [1.29, 1.82) is 0 Å². The molecule has 0 aliphatic heterocycles. The fraction of sp³-hybridized carbons (Fsp3) is 0.0435. The molecule has 6 rings (SSSR count). The van der Waals surface area contributed by atoms with Crippen molar-refractivity contribution >= 4 is 32.7 Å². The first-order valence-electron chi connectivity index (χ1n) is 8.35. The van der Waals surface area contributed by atoms with Crippen LogP contribution in [0.4, 0.5) is 0 Å². The molecule has 0 unspecified atom stereocenters. The van der Waals surface area contributed by atoms with E-state index in [1.54, 1.807) is 0 Å². The Kier molecular flexibility index (Phi) is 2.20. The monoisotopic (exact) mass is 306 g/mol. The maximum absolute atomic E-state index is 6.31. The van der Waals surface area contributed by atoms with Crippen LogP contribution in [-0.2, 0) is 6.42 Å². The van der Waals surface area contributed by atoms with Crippen LogP contribution in [-0.4, -0.2) is 0 Å². The van der Waals surface area contributed by atoms with Crippen LogP contribution < -0.4 is 0 Å². The molecule has 1 aromatic heterocycles. The summed E-state index contributed by atoms with van der Waals surface area (Å²) in [6.45, 7) is 0. The molecule has 1 aliphatic rings. The van der Waals surface area contributed by atoms with Gasteiger partial charge in [-0.1, -0.05) is 66.7 Å². The molecular weight excluding hydrogens is 292 g/mol. The zero-order valence-electron chi connectivity index (χ0n) is 13.0. The minimum atomic E-state index is 0.968. The number of benzene rings is 4. The van der Waals surface area contributed by atoms with Crippen molar-refractivity contribution in [2.75, 3.05) is 0 Å². The first kappa shape index (κ1) is 12.4. The number of furan rings is 1. The van der Waals surface area contributed by atoms with Gasteiger partial charge in [-0.15, -0.1) is 0 Å². The summed E-state index contributed by atoms with van der Waals surface area (Å²) in [5, 5.41) is 5.01. The van der Waals surface area contributed by atoms with Gasteiger partial charge in [-0.3, -0.25) is 0 Å². The molecule has 0 fully saturated rings. The van der Waals surface area contributed by atoms with Gasteiger partial charge in [-0.05, 0) is 40.1 Å². The molecule has 0 bridgehead atoms. The van der Waals surface area contributed by atoms with E-state index in [1.807, 2.05) is 6.07 Å². The molecule has 0 saturated carbocycles. The van der Waals surface area contributed by atoms with Gasteiger partial charge in [0.15, 0.2) is 0 Å². The highest BCUT2D eigenvalue weighted by atomic mass is 16.3. The normalized spacial score (nSPS) is 12.8. The van der Waals surface area contributed by atoms with E-state index in [1.165, 1.54) is 43.8 Å². The van der Waals surface area contributed by atoms with Gasteiger partial charge in [-0.25, -0.2) is 0 Å². The fourth-order valence-electron chi connectivity index (χ4n) is 4.30. The highest BCUT2D eigenvalue weighted by molar-refractivity contribution is 6.23. The molecule has 0 amide bonds. The number of rotatable bonds is 0. The Labute approximate surface area is 139 Å². The van der Waals surface area contributed by atoms with E-state index in [2.05, 4.69) is 66.7 Å². The van der Waals surface area contributed by atoms with E-state index in [4.69, 9.17) is 4.42 Å². The summed E-state index contributed by atoms with van der Waals surface area (Å²) in [5.41, 5.74) is 7.55. The highest BCUT2D eigenvalue weighted by Crippen LogP contribution is 2.48. The minimum Gasteiger partial charge on any atom is -0.455 e. The van der Waals surface area contributed by atoms with Crippen molar-refractivity contribution in [2.24, 2.45) is 0 Å². The summed E-state index contributed by atoms with van der Waals surface area (Å²) in [7, 11) is 0. The van der Waals surface area contributed by atoms with Crippen molar-refractivity contribution in [1.82, 2.24) is 0 Å². The average Bonchev–Trinajstić information content (AvgIpc) is 3.20. The summed E-state index contributed by atoms with van der Waals surface area (Å²) < 4.78 is 6.31. The van der Waals surface area contributed by atoms with E-state index in [0.717, 1.165) is 17.6 Å². The van der Waals surface area contributed by atoms with Crippen molar-refractivity contribution in [2.45, 2.75) is 6.42 Å². The van der Waals surface area contributed by atoms with Crippen LogP contribution in [0.25, 0.3) is 43.8 Å². The molecule has 1 aliphatic carbocycles. The van der Waals surface area contributed by atoms with Crippen LogP contribution in [0.15, 0.2) is 77.2 Å². The molecule has 24 heavy (non-hydrogen) atoms. The van der Waals surface area contributed by atoms with Crippen LogP contribution in [0.5, 0.6) is 0 Å². The quantitative estimate of drug-likeness (QED) is 0.320. The van der Waals surface area contributed by atoms with Gasteiger partial charge in [0.05, 0.1) is 0 Å². The zero-order chi connectivity index (χ0) is 15.7. The van der Waals surface area contributed by atoms with E-state index in [9.17, 15) is 0 Å². The number of fused-ring (bicyclic) bond motifs is 10. The number of hydrogen-bond acceptors (Lipinski definition) is 1. The van der Waals surface area contributed by atoms with E-state index < -0.39 is 0 Å². The minimum absolute atomic E-state index is 0.968. The summed E-state index contributed by atoms with van der Waals surface area (Å²) in [6, 6.07) is 25.8. The molecule has 1 heteroatoms. The van der Waals surface area contributed by atoms with Crippen LogP contribution in [0.3, 0.4) is 0 Å². The third-order valence-corrected chi connectivity index (χ3v) is 5.30. The molecule has 0 atom stereocenters. The molecule has 0 saturated heterocycles. The van der Waals surface area contributed by atoms with Crippen LogP contribution in [0, 0.1) is 0 Å². The standard InChI is InChI=1S/C23H14O/c1-2-8-15-14(7-1)13-19-16-9-3-4-10-17(16)23-22(21(15)19)18-11-5-6-12-20(18)24-23/h1-12H,13H2. The van der Waals surface area contributed by atoms with E-state index in [-0.39, 0.29) is 0 Å².